The van der Waals surface area contributed by atoms with Gasteiger partial charge in [-0.2, -0.15) is 0 Å². The first kappa shape index (κ1) is 29.7. The number of ether oxygens (including phenoxy) is 3. The summed E-state index contributed by atoms with van der Waals surface area (Å²) < 4.78 is 17.8. The fraction of sp³-hybridized carbons (Fsp3) is 0.214. The predicted octanol–water partition coefficient (Wildman–Crippen LogP) is 7.60. The number of carbonyl (C=O) groups is 1. The Bertz CT molecular complexity index is 2070. The second-order valence-corrected chi connectivity index (χ2v) is 13.0. The minimum atomic E-state index is -0.578. The molecule has 0 bridgehead atoms. The largest absolute Gasteiger partial charge is 0.495 e. The van der Waals surface area contributed by atoms with Gasteiger partial charge in [0.05, 0.1) is 19.1 Å². The molecule has 0 aromatic heterocycles. The van der Waals surface area contributed by atoms with E-state index in [1.807, 2.05) is 60.7 Å². The summed E-state index contributed by atoms with van der Waals surface area (Å²) in [5, 5.41) is 0. The molecule has 6 heteroatoms. The van der Waals surface area contributed by atoms with Crippen molar-refractivity contribution in [2.75, 3.05) is 43.1 Å². The van der Waals surface area contributed by atoms with Gasteiger partial charge in [0.1, 0.15) is 17.6 Å². The van der Waals surface area contributed by atoms with Crippen LogP contribution in [0.4, 0.5) is 11.4 Å². The van der Waals surface area contributed by atoms with E-state index in [4.69, 9.17) is 14.2 Å². The number of rotatable bonds is 4. The molecule has 2 aliphatic carbocycles. The molecule has 238 valence electrons. The first-order valence-electron chi connectivity index (χ1n) is 16.4. The van der Waals surface area contributed by atoms with E-state index in [1.54, 1.807) is 13.4 Å². The summed E-state index contributed by atoms with van der Waals surface area (Å²) in [5.41, 5.74) is 11.7. The van der Waals surface area contributed by atoms with E-state index in [0.29, 0.717) is 5.75 Å². The van der Waals surface area contributed by atoms with Crippen molar-refractivity contribution in [3.8, 4) is 23.3 Å². The molecule has 6 nitrogen and oxygen atoms in total. The van der Waals surface area contributed by atoms with Crippen LogP contribution >= 0.6 is 0 Å². The van der Waals surface area contributed by atoms with Gasteiger partial charge in [0.25, 0.3) is 0 Å². The number of esters is 1. The summed E-state index contributed by atoms with van der Waals surface area (Å²) in [5.74, 6) is 6.15. The molecule has 0 amide bonds. The molecular formula is C42H36N2O4. The Morgan fingerprint density at radius 2 is 1.60 bits per heavy atom. The normalized spacial score (nSPS) is 18.3. The highest BCUT2D eigenvalue weighted by Gasteiger charge is 2.46. The Kier molecular flexibility index (Phi) is 7.33. The predicted molar refractivity (Wildman–Crippen MR) is 189 cm³/mol. The van der Waals surface area contributed by atoms with E-state index in [0.717, 1.165) is 54.4 Å². The highest BCUT2D eigenvalue weighted by atomic mass is 16.5. The van der Waals surface area contributed by atoms with Crippen LogP contribution in [0.5, 0.6) is 11.5 Å². The molecule has 2 heterocycles. The summed E-state index contributed by atoms with van der Waals surface area (Å²) in [7, 11) is 1.75. The van der Waals surface area contributed by atoms with Crippen molar-refractivity contribution in [2.45, 2.75) is 25.4 Å². The number of piperazine rings is 1. The molecule has 0 radical (unpaired) electrons. The van der Waals surface area contributed by atoms with Gasteiger partial charge in [-0.1, -0.05) is 68.3 Å². The van der Waals surface area contributed by atoms with Crippen molar-refractivity contribution < 1.29 is 19.0 Å². The molecule has 4 aliphatic rings. The molecule has 0 spiro atoms. The molecule has 1 fully saturated rings. The lowest BCUT2D eigenvalue weighted by atomic mass is 9.72. The monoisotopic (exact) mass is 632 g/mol. The van der Waals surface area contributed by atoms with Crippen LogP contribution in [0.2, 0.25) is 0 Å². The van der Waals surface area contributed by atoms with Crippen LogP contribution in [0, 0.1) is 11.8 Å². The lowest BCUT2D eigenvalue weighted by molar-refractivity contribution is -0.128. The Balaban J connectivity index is 1.03. The fourth-order valence-electron chi connectivity index (χ4n) is 7.63. The van der Waals surface area contributed by atoms with E-state index in [2.05, 4.69) is 78.0 Å². The van der Waals surface area contributed by atoms with Crippen LogP contribution in [0.25, 0.3) is 5.57 Å². The average Bonchev–Trinajstić information content (AvgIpc) is 3.38. The molecule has 1 unspecified atom stereocenters. The quantitative estimate of drug-likeness (QED) is 0.131. The van der Waals surface area contributed by atoms with Crippen LogP contribution in [-0.2, 0) is 14.9 Å². The highest BCUT2D eigenvalue weighted by molar-refractivity contribution is 5.97. The molecule has 4 aromatic rings. The Labute approximate surface area is 281 Å². The first-order valence-corrected chi connectivity index (χ1v) is 16.4. The van der Waals surface area contributed by atoms with Gasteiger partial charge in [-0.3, -0.25) is 0 Å². The van der Waals surface area contributed by atoms with Crippen molar-refractivity contribution >= 4 is 22.9 Å². The standard InChI is InChI=1S/C42H36N2O4/c1-42(2)35-14-8-7-12-31(35)39-33-26-36(37(46-3)27-34(33)41-32(40(39)42)13-9-25-47-41)44-23-21-43(22-24-44)29-16-18-30(19-17-29)48-38(45)20-15-28-10-5-4-6-11-28/h4-14,16-19,25-27,41H,21-24H2,1-3H3. The Morgan fingerprint density at radius 3 is 2.38 bits per heavy atom. The van der Waals surface area contributed by atoms with E-state index in [1.165, 1.54) is 33.4 Å². The van der Waals surface area contributed by atoms with Crippen LogP contribution < -0.4 is 19.3 Å². The maximum Gasteiger partial charge on any atom is 0.390 e. The van der Waals surface area contributed by atoms with Crippen LogP contribution in [0.3, 0.4) is 0 Å². The van der Waals surface area contributed by atoms with Crippen LogP contribution in [0.15, 0.2) is 121 Å². The third kappa shape index (κ3) is 5.03. The third-order valence-corrected chi connectivity index (χ3v) is 9.90. The second-order valence-electron chi connectivity index (χ2n) is 13.0. The summed E-state index contributed by atoms with van der Waals surface area (Å²) in [6.45, 7) is 8.02. The van der Waals surface area contributed by atoms with Crippen LogP contribution in [0.1, 0.15) is 47.8 Å². The van der Waals surface area contributed by atoms with Gasteiger partial charge in [0.15, 0.2) is 0 Å². The topological polar surface area (TPSA) is 51.2 Å². The number of benzene rings is 4. The average molecular weight is 633 g/mol. The fourth-order valence-corrected chi connectivity index (χ4v) is 7.63. The summed E-state index contributed by atoms with van der Waals surface area (Å²) >= 11 is 0. The van der Waals surface area contributed by atoms with Crippen molar-refractivity contribution in [2.24, 2.45) is 0 Å². The van der Waals surface area contributed by atoms with Crippen molar-refractivity contribution in [1.82, 2.24) is 0 Å². The number of carbonyl (C=O) groups excluding carboxylic acids is 1. The molecular weight excluding hydrogens is 596 g/mol. The molecule has 1 atom stereocenters. The minimum Gasteiger partial charge on any atom is -0.495 e. The number of hydrogen-bond donors (Lipinski definition) is 0. The van der Waals surface area contributed by atoms with E-state index in [9.17, 15) is 4.79 Å². The van der Waals surface area contributed by atoms with Gasteiger partial charge >= 0.3 is 5.97 Å². The number of fused-ring (bicyclic) bond motifs is 7. The van der Waals surface area contributed by atoms with Gasteiger partial charge in [-0.15, -0.1) is 0 Å². The maximum absolute atomic E-state index is 12.3. The molecule has 8 rings (SSSR count). The van der Waals surface area contributed by atoms with Crippen molar-refractivity contribution in [1.29, 1.82) is 0 Å². The number of hydrogen-bond acceptors (Lipinski definition) is 6. The van der Waals surface area contributed by atoms with Gasteiger partial charge in [0.2, 0.25) is 0 Å². The van der Waals surface area contributed by atoms with Crippen molar-refractivity contribution in [3.63, 3.8) is 0 Å². The Hall–Kier alpha value is -5.67. The molecule has 0 N–H and O–H groups in total. The highest BCUT2D eigenvalue weighted by Crippen LogP contribution is 2.59. The lowest BCUT2D eigenvalue weighted by Gasteiger charge is -2.39. The Morgan fingerprint density at radius 1 is 0.875 bits per heavy atom. The summed E-state index contributed by atoms with van der Waals surface area (Å²) in [6, 6.07) is 30.4. The van der Waals surface area contributed by atoms with Gasteiger partial charge in [0, 0.05) is 59.9 Å². The second kappa shape index (κ2) is 11.8. The number of nitrogens with zero attached hydrogens (tertiary/aromatic N) is 2. The molecule has 1 saturated heterocycles. The zero-order valence-electron chi connectivity index (χ0n) is 27.3. The minimum absolute atomic E-state index is 0.141. The zero-order valence-corrected chi connectivity index (χ0v) is 27.3. The van der Waals surface area contributed by atoms with Gasteiger partial charge < -0.3 is 24.0 Å². The number of methoxy groups -OCH3 is 1. The van der Waals surface area contributed by atoms with Gasteiger partial charge in [-0.05, 0) is 82.4 Å². The third-order valence-electron chi connectivity index (χ3n) is 9.90. The molecule has 48 heavy (non-hydrogen) atoms. The smallest absolute Gasteiger partial charge is 0.390 e. The van der Waals surface area contributed by atoms with Crippen LogP contribution in [-0.4, -0.2) is 39.3 Å². The number of allylic oxidation sites excluding steroid dienone is 2. The van der Waals surface area contributed by atoms with E-state index in [-0.39, 0.29) is 11.5 Å². The molecule has 2 aliphatic heterocycles. The van der Waals surface area contributed by atoms with Gasteiger partial charge in [-0.25, -0.2) is 4.79 Å². The van der Waals surface area contributed by atoms with Crippen molar-refractivity contribution in [3.05, 3.63) is 148 Å². The first-order chi connectivity index (χ1) is 23.4. The summed E-state index contributed by atoms with van der Waals surface area (Å²) in [4.78, 5) is 17.1. The zero-order chi connectivity index (χ0) is 32.8. The summed E-state index contributed by atoms with van der Waals surface area (Å²) in [6.07, 6.45) is 5.86. The SMILES string of the molecule is COc1cc2c(cc1N1CCN(c3ccc(OC(=O)C#Cc4ccccc4)cc3)CC1)C1=C(C3=CC=COC32)C(C)(C)c2ccccc21. The van der Waals surface area contributed by atoms with E-state index < -0.39 is 5.97 Å². The molecule has 4 aromatic carbocycles. The molecule has 0 saturated carbocycles. The van der Waals surface area contributed by atoms with E-state index >= 15 is 0 Å². The lowest BCUT2D eigenvalue weighted by Crippen LogP contribution is -2.46. The number of anilines is 2. The maximum atomic E-state index is 12.3.